The van der Waals surface area contributed by atoms with Gasteiger partial charge in [0.1, 0.15) is 11.5 Å². The summed E-state index contributed by atoms with van der Waals surface area (Å²) >= 11 is 0. The van der Waals surface area contributed by atoms with Crippen LogP contribution < -0.4 is 5.32 Å². The molecular weight excluding hydrogens is 360 g/mol. The molecule has 3 rings (SSSR count). The molecule has 0 spiro atoms. The Morgan fingerprint density at radius 1 is 1.42 bits per heavy atom. The Labute approximate surface area is 151 Å². The van der Waals surface area contributed by atoms with Gasteiger partial charge in [-0.1, -0.05) is 5.16 Å². The van der Waals surface area contributed by atoms with Crippen molar-refractivity contribution in [2.75, 3.05) is 12.8 Å². The van der Waals surface area contributed by atoms with Gasteiger partial charge in [-0.15, -0.1) is 0 Å². The molecule has 2 aromatic heterocycles. The highest BCUT2D eigenvalue weighted by atomic mass is 32.2. The summed E-state index contributed by atoms with van der Waals surface area (Å²) in [5, 5.41) is 6.66. The Morgan fingerprint density at radius 2 is 2.23 bits per heavy atom. The normalized spacial score (nSPS) is 18.3. The lowest BCUT2D eigenvalue weighted by Gasteiger charge is -2.18. The summed E-state index contributed by atoms with van der Waals surface area (Å²) in [5.74, 6) is 2.01. The van der Waals surface area contributed by atoms with Crippen LogP contribution in [0.2, 0.25) is 0 Å². The maximum atomic E-state index is 11.9. The van der Waals surface area contributed by atoms with Crippen molar-refractivity contribution in [2.45, 2.75) is 45.2 Å². The van der Waals surface area contributed by atoms with E-state index in [-0.39, 0.29) is 12.3 Å². The molecule has 1 saturated heterocycles. The van der Waals surface area contributed by atoms with Gasteiger partial charge in [-0.2, -0.15) is 9.29 Å². The lowest BCUT2D eigenvalue weighted by atomic mass is 10.2. The third-order valence-corrected chi connectivity index (χ3v) is 5.52. The van der Waals surface area contributed by atoms with Crippen LogP contribution in [0.15, 0.2) is 21.1 Å². The van der Waals surface area contributed by atoms with Gasteiger partial charge in [-0.25, -0.2) is 8.42 Å². The van der Waals surface area contributed by atoms with Gasteiger partial charge in [-0.3, -0.25) is 4.79 Å². The minimum absolute atomic E-state index is 0.155. The molecule has 10 heteroatoms. The van der Waals surface area contributed by atoms with Crippen LogP contribution in [0.25, 0.3) is 0 Å². The van der Waals surface area contributed by atoms with Crippen LogP contribution in [0, 0.1) is 6.92 Å². The van der Waals surface area contributed by atoms with Crippen LogP contribution in [-0.2, 0) is 27.8 Å². The second-order valence-corrected chi connectivity index (χ2v) is 8.30. The number of amides is 1. The largest absolute Gasteiger partial charge is 0.465 e. The predicted octanol–water partition coefficient (Wildman–Crippen LogP) is 1.32. The summed E-state index contributed by atoms with van der Waals surface area (Å²) in [6, 6.07) is 3.26. The van der Waals surface area contributed by atoms with Crippen LogP contribution in [0.1, 0.15) is 48.5 Å². The van der Waals surface area contributed by atoms with Crippen molar-refractivity contribution in [1.82, 2.24) is 19.8 Å². The van der Waals surface area contributed by atoms with Crippen molar-refractivity contribution < 1.29 is 22.2 Å². The molecule has 1 aliphatic rings. The molecule has 142 valence electrons. The Balaban J connectivity index is 1.51. The first kappa shape index (κ1) is 18.6. The number of rotatable bonds is 7. The molecule has 1 amide bonds. The molecule has 2 aromatic rings. The van der Waals surface area contributed by atoms with E-state index < -0.39 is 16.1 Å². The number of nitrogens with one attached hydrogen (secondary N) is 1. The van der Waals surface area contributed by atoms with E-state index in [1.807, 2.05) is 19.1 Å². The molecule has 0 radical (unpaired) electrons. The summed E-state index contributed by atoms with van der Waals surface area (Å²) < 4.78 is 35.6. The number of carbonyl (C=O) groups excluding carboxylic acids is 1. The van der Waals surface area contributed by atoms with Crippen LogP contribution in [0.5, 0.6) is 0 Å². The fourth-order valence-electron chi connectivity index (χ4n) is 2.97. The number of sulfonamides is 1. The molecule has 1 fully saturated rings. The lowest BCUT2D eigenvalue weighted by molar-refractivity contribution is -0.121. The Morgan fingerprint density at radius 3 is 2.92 bits per heavy atom. The fraction of sp³-hybridized carbons (Fsp3) is 0.562. The molecular formula is C16H22N4O5S. The SMILES string of the molecule is Cc1ccc(CNC(=O)CCc2nc(C3CCCN3S(C)(=O)=O)no2)o1. The monoisotopic (exact) mass is 382 g/mol. The lowest BCUT2D eigenvalue weighted by Crippen LogP contribution is -2.30. The summed E-state index contributed by atoms with van der Waals surface area (Å²) in [6.07, 6.45) is 3.09. The predicted molar refractivity (Wildman–Crippen MR) is 91.4 cm³/mol. The number of carbonyl (C=O) groups is 1. The van der Waals surface area contributed by atoms with Gasteiger partial charge in [0.25, 0.3) is 0 Å². The Bertz CT molecular complexity index is 873. The third kappa shape index (κ3) is 4.50. The molecule has 3 heterocycles. The second kappa shape index (κ2) is 7.58. The second-order valence-electron chi connectivity index (χ2n) is 6.37. The molecule has 1 N–H and O–H groups in total. The number of hydrogen-bond acceptors (Lipinski definition) is 7. The molecule has 0 aromatic carbocycles. The molecule has 1 aliphatic heterocycles. The summed E-state index contributed by atoms with van der Waals surface area (Å²) in [6.45, 7) is 2.63. The maximum absolute atomic E-state index is 11.9. The van der Waals surface area contributed by atoms with Crippen molar-refractivity contribution in [2.24, 2.45) is 0 Å². The van der Waals surface area contributed by atoms with E-state index in [2.05, 4.69) is 15.5 Å². The molecule has 26 heavy (non-hydrogen) atoms. The van der Waals surface area contributed by atoms with E-state index in [1.165, 1.54) is 10.6 Å². The minimum atomic E-state index is -3.31. The van der Waals surface area contributed by atoms with Gasteiger partial charge in [0.05, 0.1) is 18.8 Å². The maximum Gasteiger partial charge on any atom is 0.227 e. The van der Waals surface area contributed by atoms with Crippen molar-refractivity contribution in [3.05, 3.63) is 35.4 Å². The van der Waals surface area contributed by atoms with Crippen LogP contribution in [-0.4, -0.2) is 41.6 Å². The van der Waals surface area contributed by atoms with Gasteiger partial charge >= 0.3 is 0 Å². The standard InChI is InChI=1S/C16H22N4O5S/c1-11-5-6-12(24-11)10-17-14(21)7-8-15-18-16(19-25-15)13-4-3-9-20(13)26(2,22)23/h5-6,13H,3-4,7-10H2,1-2H3,(H,17,21). The Kier molecular flexibility index (Phi) is 5.42. The highest BCUT2D eigenvalue weighted by Crippen LogP contribution is 2.32. The van der Waals surface area contributed by atoms with Crippen molar-refractivity contribution in [3.63, 3.8) is 0 Å². The molecule has 1 atom stereocenters. The number of aromatic nitrogens is 2. The van der Waals surface area contributed by atoms with Gasteiger partial charge < -0.3 is 14.3 Å². The van der Waals surface area contributed by atoms with E-state index in [1.54, 1.807) is 0 Å². The van der Waals surface area contributed by atoms with E-state index in [0.29, 0.717) is 43.4 Å². The first-order valence-electron chi connectivity index (χ1n) is 8.44. The van der Waals surface area contributed by atoms with E-state index in [0.717, 1.165) is 12.2 Å². The number of furan rings is 1. The molecule has 0 bridgehead atoms. The minimum Gasteiger partial charge on any atom is -0.465 e. The summed E-state index contributed by atoms with van der Waals surface area (Å²) in [7, 11) is -3.31. The van der Waals surface area contributed by atoms with Gasteiger partial charge in [-0.05, 0) is 31.9 Å². The summed E-state index contributed by atoms with van der Waals surface area (Å²) in [5.41, 5.74) is 0. The van der Waals surface area contributed by atoms with Gasteiger partial charge in [0.15, 0.2) is 5.82 Å². The van der Waals surface area contributed by atoms with Crippen molar-refractivity contribution >= 4 is 15.9 Å². The summed E-state index contributed by atoms with van der Waals surface area (Å²) in [4.78, 5) is 16.2. The number of hydrogen-bond donors (Lipinski definition) is 1. The third-order valence-electron chi connectivity index (χ3n) is 4.23. The topological polar surface area (TPSA) is 119 Å². The van der Waals surface area contributed by atoms with E-state index in [9.17, 15) is 13.2 Å². The number of nitrogens with zero attached hydrogens (tertiary/aromatic N) is 3. The van der Waals surface area contributed by atoms with Crippen LogP contribution >= 0.6 is 0 Å². The molecule has 0 saturated carbocycles. The zero-order valence-electron chi connectivity index (χ0n) is 14.8. The zero-order chi connectivity index (χ0) is 18.7. The van der Waals surface area contributed by atoms with E-state index in [4.69, 9.17) is 8.94 Å². The van der Waals surface area contributed by atoms with Crippen molar-refractivity contribution in [3.8, 4) is 0 Å². The highest BCUT2D eigenvalue weighted by Gasteiger charge is 2.35. The highest BCUT2D eigenvalue weighted by molar-refractivity contribution is 7.88. The average Bonchev–Trinajstić information content (AvgIpc) is 3.29. The fourth-order valence-corrected chi connectivity index (χ4v) is 4.10. The Hall–Kier alpha value is -2.20. The quantitative estimate of drug-likeness (QED) is 0.767. The van der Waals surface area contributed by atoms with Crippen molar-refractivity contribution in [1.29, 1.82) is 0 Å². The molecule has 1 unspecified atom stereocenters. The van der Waals surface area contributed by atoms with Crippen LogP contribution in [0.3, 0.4) is 0 Å². The first-order valence-corrected chi connectivity index (χ1v) is 10.3. The molecule has 0 aliphatic carbocycles. The van der Waals surface area contributed by atoms with Gasteiger partial charge in [0, 0.05) is 19.4 Å². The first-order chi connectivity index (χ1) is 12.3. The smallest absolute Gasteiger partial charge is 0.227 e. The average molecular weight is 382 g/mol. The van der Waals surface area contributed by atoms with Crippen LogP contribution in [0.4, 0.5) is 0 Å². The number of aryl methyl sites for hydroxylation is 2. The molecule has 9 nitrogen and oxygen atoms in total. The zero-order valence-corrected chi connectivity index (χ0v) is 15.6. The van der Waals surface area contributed by atoms with E-state index >= 15 is 0 Å². The van der Waals surface area contributed by atoms with Gasteiger partial charge in [0.2, 0.25) is 21.8 Å².